The molecule has 0 aliphatic rings. The highest BCUT2D eigenvalue weighted by molar-refractivity contribution is 7.99. The molecule has 0 unspecified atom stereocenters. The summed E-state index contributed by atoms with van der Waals surface area (Å²) in [5, 5.41) is 18.2. The number of hydrogen-bond donors (Lipinski definition) is 0. The maximum absolute atomic E-state index is 8.51. The molecule has 1 aromatic heterocycles. The van der Waals surface area contributed by atoms with Gasteiger partial charge < -0.3 is 4.57 Å². The van der Waals surface area contributed by atoms with Crippen LogP contribution in [0.15, 0.2) is 29.4 Å². The molecule has 0 bridgehead atoms. The van der Waals surface area contributed by atoms with E-state index in [-0.39, 0.29) is 0 Å². The molecule has 18 heavy (non-hydrogen) atoms. The van der Waals surface area contributed by atoms with Gasteiger partial charge >= 0.3 is 0 Å². The molecule has 92 valence electrons. The van der Waals surface area contributed by atoms with Crippen LogP contribution in [0.5, 0.6) is 0 Å². The third kappa shape index (κ3) is 2.66. The number of aromatic nitrogens is 3. The van der Waals surface area contributed by atoms with Gasteiger partial charge in [0.15, 0.2) is 11.0 Å². The van der Waals surface area contributed by atoms with Crippen LogP contribution in [0.4, 0.5) is 0 Å². The van der Waals surface area contributed by atoms with Gasteiger partial charge in [-0.1, -0.05) is 35.5 Å². The van der Waals surface area contributed by atoms with Gasteiger partial charge in [0, 0.05) is 24.8 Å². The van der Waals surface area contributed by atoms with E-state index in [2.05, 4.69) is 16.3 Å². The van der Waals surface area contributed by atoms with Crippen LogP contribution in [0.1, 0.15) is 6.42 Å². The van der Waals surface area contributed by atoms with Crippen molar-refractivity contribution in [3.63, 3.8) is 0 Å². The van der Waals surface area contributed by atoms with Gasteiger partial charge in [-0.25, -0.2) is 0 Å². The first kappa shape index (κ1) is 12.9. The Hall–Kier alpha value is -1.51. The molecule has 0 aliphatic carbocycles. The fourth-order valence-corrected chi connectivity index (χ4v) is 2.48. The Bertz CT molecular complexity index is 588. The number of nitriles is 1. The first-order valence-corrected chi connectivity index (χ1v) is 6.74. The van der Waals surface area contributed by atoms with Crippen molar-refractivity contribution in [1.29, 1.82) is 5.26 Å². The summed E-state index contributed by atoms with van der Waals surface area (Å²) >= 11 is 7.65. The Morgan fingerprint density at radius 1 is 1.39 bits per heavy atom. The molecule has 0 spiro atoms. The molecular weight excluding hydrogens is 268 g/mol. The predicted molar refractivity (Wildman–Crippen MR) is 72.4 cm³/mol. The van der Waals surface area contributed by atoms with Crippen LogP contribution < -0.4 is 0 Å². The maximum atomic E-state index is 8.51. The number of thioether (sulfide) groups is 1. The summed E-state index contributed by atoms with van der Waals surface area (Å²) in [7, 11) is 1.90. The summed E-state index contributed by atoms with van der Waals surface area (Å²) in [6.45, 7) is 0. The quantitative estimate of drug-likeness (QED) is 0.637. The van der Waals surface area contributed by atoms with Crippen LogP contribution in [0.25, 0.3) is 11.4 Å². The van der Waals surface area contributed by atoms with Gasteiger partial charge in [0.1, 0.15) is 0 Å². The molecule has 0 N–H and O–H groups in total. The van der Waals surface area contributed by atoms with Crippen LogP contribution in [-0.4, -0.2) is 20.5 Å². The van der Waals surface area contributed by atoms with Crippen molar-refractivity contribution in [3.05, 3.63) is 29.3 Å². The maximum Gasteiger partial charge on any atom is 0.191 e. The lowest BCUT2D eigenvalue weighted by atomic mass is 10.2. The molecule has 2 rings (SSSR count). The fourth-order valence-electron chi connectivity index (χ4n) is 1.51. The summed E-state index contributed by atoms with van der Waals surface area (Å²) in [6.07, 6.45) is 0.499. The Balaban J connectivity index is 2.26. The molecule has 1 heterocycles. The van der Waals surface area contributed by atoms with Crippen molar-refractivity contribution >= 4 is 23.4 Å². The minimum absolute atomic E-state index is 0.499. The zero-order valence-electron chi connectivity index (χ0n) is 9.80. The molecular formula is C12H11ClN4S. The van der Waals surface area contributed by atoms with Crippen molar-refractivity contribution < 1.29 is 0 Å². The number of hydrogen-bond acceptors (Lipinski definition) is 4. The molecule has 0 saturated heterocycles. The molecule has 6 heteroatoms. The van der Waals surface area contributed by atoms with Gasteiger partial charge in [-0.3, -0.25) is 0 Å². The number of halogens is 1. The lowest BCUT2D eigenvalue weighted by molar-refractivity contribution is 0.794. The standard InChI is InChI=1S/C12H11ClN4S/c1-17-11(9-5-2-3-6-10(9)13)15-16-12(17)18-8-4-7-14/h2-3,5-6H,4,8H2,1H3. The number of rotatable bonds is 4. The summed E-state index contributed by atoms with van der Waals surface area (Å²) in [5.74, 6) is 1.45. The van der Waals surface area contributed by atoms with E-state index in [0.29, 0.717) is 17.2 Å². The second kappa shape index (κ2) is 5.89. The zero-order chi connectivity index (χ0) is 13.0. The van der Waals surface area contributed by atoms with Crippen LogP contribution in [0.3, 0.4) is 0 Å². The molecule has 0 atom stereocenters. The fraction of sp³-hybridized carbons (Fsp3) is 0.250. The van der Waals surface area contributed by atoms with Crippen LogP contribution in [0, 0.1) is 11.3 Å². The summed E-state index contributed by atoms with van der Waals surface area (Å²) in [5.41, 5.74) is 0.862. The molecule has 0 fully saturated rings. The minimum Gasteiger partial charge on any atom is -0.305 e. The van der Waals surface area contributed by atoms with E-state index in [9.17, 15) is 0 Å². The van der Waals surface area contributed by atoms with Crippen molar-refractivity contribution in [3.8, 4) is 17.5 Å². The van der Waals surface area contributed by atoms with Crippen molar-refractivity contribution in [2.75, 3.05) is 5.75 Å². The highest BCUT2D eigenvalue weighted by Gasteiger charge is 2.13. The molecule has 1 aromatic carbocycles. The minimum atomic E-state index is 0.499. The Morgan fingerprint density at radius 2 is 2.17 bits per heavy atom. The van der Waals surface area contributed by atoms with E-state index < -0.39 is 0 Å². The number of benzene rings is 1. The third-order valence-corrected chi connectivity index (χ3v) is 3.75. The molecule has 0 saturated carbocycles. The average molecular weight is 279 g/mol. The second-order valence-corrected chi connectivity index (χ2v) is 5.07. The molecule has 0 radical (unpaired) electrons. The van der Waals surface area contributed by atoms with Crippen molar-refractivity contribution in [2.24, 2.45) is 7.05 Å². The van der Waals surface area contributed by atoms with Gasteiger partial charge in [0.05, 0.1) is 11.1 Å². The van der Waals surface area contributed by atoms with Gasteiger partial charge in [-0.15, -0.1) is 10.2 Å². The van der Waals surface area contributed by atoms with E-state index >= 15 is 0 Å². The highest BCUT2D eigenvalue weighted by Crippen LogP contribution is 2.28. The van der Waals surface area contributed by atoms with E-state index in [1.54, 1.807) is 0 Å². The first-order chi connectivity index (χ1) is 8.74. The molecule has 2 aromatic rings. The predicted octanol–water partition coefficient (Wildman–Crippen LogP) is 3.14. The topological polar surface area (TPSA) is 54.5 Å². The van der Waals surface area contributed by atoms with Gasteiger partial charge in [-0.2, -0.15) is 5.26 Å². The Labute approximate surface area is 115 Å². The monoisotopic (exact) mass is 278 g/mol. The zero-order valence-corrected chi connectivity index (χ0v) is 11.4. The lowest BCUT2D eigenvalue weighted by Gasteiger charge is -2.04. The van der Waals surface area contributed by atoms with Gasteiger partial charge in [0.2, 0.25) is 0 Å². The lowest BCUT2D eigenvalue weighted by Crippen LogP contribution is -1.95. The normalized spacial score (nSPS) is 10.3. The Morgan fingerprint density at radius 3 is 2.89 bits per heavy atom. The average Bonchev–Trinajstić information content (AvgIpc) is 2.72. The van der Waals surface area contributed by atoms with E-state index in [1.807, 2.05) is 35.9 Å². The SMILES string of the molecule is Cn1c(SCCC#N)nnc1-c1ccccc1Cl. The summed E-state index contributed by atoms with van der Waals surface area (Å²) in [4.78, 5) is 0. The van der Waals surface area contributed by atoms with Crippen molar-refractivity contribution in [2.45, 2.75) is 11.6 Å². The molecule has 0 amide bonds. The summed E-state index contributed by atoms with van der Waals surface area (Å²) < 4.78 is 1.89. The molecule has 4 nitrogen and oxygen atoms in total. The van der Waals surface area contributed by atoms with Crippen LogP contribution >= 0.6 is 23.4 Å². The third-order valence-electron chi connectivity index (χ3n) is 2.39. The Kier molecular flexibility index (Phi) is 4.24. The highest BCUT2D eigenvalue weighted by atomic mass is 35.5. The van der Waals surface area contributed by atoms with Crippen LogP contribution in [-0.2, 0) is 7.05 Å². The van der Waals surface area contributed by atoms with E-state index in [1.165, 1.54) is 11.8 Å². The summed E-state index contributed by atoms with van der Waals surface area (Å²) in [6, 6.07) is 9.64. The van der Waals surface area contributed by atoms with E-state index in [0.717, 1.165) is 16.5 Å². The van der Waals surface area contributed by atoms with E-state index in [4.69, 9.17) is 16.9 Å². The van der Waals surface area contributed by atoms with Crippen molar-refractivity contribution in [1.82, 2.24) is 14.8 Å². The smallest absolute Gasteiger partial charge is 0.191 e. The first-order valence-electron chi connectivity index (χ1n) is 5.38. The second-order valence-electron chi connectivity index (χ2n) is 3.60. The largest absolute Gasteiger partial charge is 0.305 e. The van der Waals surface area contributed by atoms with Gasteiger partial charge in [-0.05, 0) is 12.1 Å². The molecule has 0 aliphatic heterocycles. The van der Waals surface area contributed by atoms with Gasteiger partial charge in [0.25, 0.3) is 0 Å². The van der Waals surface area contributed by atoms with Crippen LogP contribution in [0.2, 0.25) is 5.02 Å². The number of nitrogens with zero attached hydrogens (tertiary/aromatic N) is 4.